The number of hydrogen-bond acceptors (Lipinski definition) is 3. The molecule has 0 aromatic carbocycles. The zero-order chi connectivity index (χ0) is 13.5. The molecule has 0 spiro atoms. The van der Waals surface area contributed by atoms with Gasteiger partial charge in [0, 0.05) is 17.0 Å². The normalized spacial score (nSPS) is 26.4. The van der Waals surface area contributed by atoms with Crippen LogP contribution in [0.15, 0.2) is 14.7 Å². The summed E-state index contributed by atoms with van der Waals surface area (Å²) in [5, 5.41) is 0. The summed E-state index contributed by atoms with van der Waals surface area (Å²) in [6.07, 6.45) is 3.02. The lowest BCUT2D eigenvalue weighted by Crippen LogP contribution is -2.47. The Morgan fingerprint density at radius 3 is 2.33 bits per heavy atom. The van der Waals surface area contributed by atoms with Gasteiger partial charge in [-0.15, -0.1) is 11.3 Å². The quantitative estimate of drug-likeness (QED) is 0.813. The average molecular weight is 352 g/mol. The second-order valence-corrected chi connectivity index (χ2v) is 9.38. The molecule has 0 N–H and O–H groups in total. The minimum Gasteiger partial charge on any atom is -0.207 e. The highest BCUT2D eigenvalue weighted by atomic mass is 79.9. The molecule has 18 heavy (non-hydrogen) atoms. The number of sulfonamides is 1. The van der Waals surface area contributed by atoms with E-state index in [0.717, 1.165) is 27.9 Å². The fourth-order valence-corrected chi connectivity index (χ4v) is 6.94. The predicted octanol–water partition coefficient (Wildman–Crippen LogP) is 3.77. The molecule has 1 aromatic rings. The monoisotopic (exact) mass is 351 g/mol. The number of thiophene rings is 1. The summed E-state index contributed by atoms with van der Waals surface area (Å²) in [7, 11) is -3.36. The van der Waals surface area contributed by atoms with Crippen LogP contribution in [0, 0.1) is 6.92 Å². The second-order valence-electron chi connectivity index (χ2n) is 4.93. The molecule has 0 radical (unpaired) electrons. The molecule has 102 valence electrons. The molecule has 1 aliphatic heterocycles. The summed E-state index contributed by atoms with van der Waals surface area (Å²) in [5.41, 5.74) is 0. The van der Waals surface area contributed by atoms with Gasteiger partial charge in [-0.2, -0.15) is 4.31 Å². The van der Waals surface area contributed by atoms with Crippen LogP contribution in [0.5, 0.6) is 0 Å². The summed E-state index contributed by atoms with van der Waals surface area (Å²) >= 11 is 4.84. The van der Waals surface area contributed by atoms with E-state index < -0.39 is 10.0 Å². The van der Waals surface area contributed by atoms with Crippen LogP contribution in [0.4, 0.5) is 0 Å². The molecule has 0 saturated carbocycles. The van der Waals surface area contributed by atoms with Gasteiger partial charge in [0.25, 0.3) is 0 Å². The lowest BCUT2D eigenvalue weighted by Gasteiger charge is -2.37. The fourth-order valence-electron chi connectivity index (χ4n) is 2.67. The van der Waals surface area contributed by atoms with Gasteiger partial charge in [-0.3, -0.25) is 0 Å². The lowest BCUT2D eigenvalue weighted by atomic mass is 10.0. The maximum atomic E-state index is 12.8. The molecule has 3 nitrogen and oxygen atoms in total. The van der Waals surface area contributed by atoms with Crippen molar-refractivity contribution in [3.8, 4) is 0 Å². The standard InChI is InChI=1S/C12H18BrNO2S2/c1-8-5-4-6-9(2)14(8)18(15,16)11-7-12(13)17-10(11)3/h7-9H,4-6H2,1-3H3/t8-,9+. The minimum atomic E-state index is -3.36. The van der Waals surface area contributed by atoms with E-state index in [-0.39, 0.29) is 12.1 Å². The zero-order valence-corrected chi connectivity index (χ0v) is 14.0. The first-order valence-corrected chi connectivity index (χ1v) is 9.18. The van der Waals surface area contributed by atoms with Crippen molar-refractivity contribution in [2.75, 3.05) is 0 Å². The summed E-state index contributed by atoms with van der Waals surface area (Å²) < 4.78 is 28.1. The van der Waals surface area contributed by atoms with E-state index in [1.54, 1.807) is 10.4 Å². The highest BCUT2D eigenvalue weighted by Crippen LogP contribution is 2.35. The molecular weight excluding hydrogens is 334 g/mol. The number of nitrogens with zero attached hydrogens (tertiary/aromatic N) is 1. The fraction of sp³-hybridized carbons (Fsp3) is 0.667. The summed E-state index contributed by atoms with van der Waals surface area (Å²) in [4.78, 5) is 1.31. The summed E-state index contributed by atoms with van der Waals surface area (Å²) in [6.45, 7) is 5.87. The van der Waals surface area contributed by atoms with Crippen LogP contribution in [0.3, 0.4) is 0 Å². The van der Waals surface area contributed by atoms with Crippen molar-refractivity contribution >= 4 is 37.3 Å². The Bertz CT molecular complexity index is 528. The summed E-state index contributed by atoms with van der Waals surface area (Å²) in [6, 6.07) is 1.91. The maximum absolute atomic E-state index is 12.8. The molecule has 2 heterocycles. The van der Waals surface area contributed by atoms with Crippen molar-refractivity contribution in [1.82, 2.24) is 4.31 Å². The third-order valence-electron chi connectivity index (χ3n) is 3.51. The zero-order valence-electron chi connectivity index (χ0n) is 10.8. The Labute approximate surface area is 121 Å². The van der Waals surface area contributed by atoms with Crippen LogP contribution < -0.4 is 0 Å². The Hall–Kier alpha value is 0.0900. The Balaban J connectivity index is 2.44. The molecule has 1 aliphatic rings. The molecule has 0 amide bonds. The molecule has 1 aromatic heterocycles. The lowest BCUT2D eigenvalue weighted by molar-refractivity contribution is 0.204. The van der Waals surface area contributed by atoms with Crippen molar-refractivity contribution in [1.29, 1.82) is 0 Å². The number of piperidine rings is 1. The van der Waals surface area contributed by atoms with E-state index in [1.165, 1.54) is 11.3 Å². The average Bonchev–Trinajstić information content (AvgIpc) is 2.57. The van der Waals surface area contributed by atoms with Crippen molar-refractivity contribution in [2.24, 2.45) is 0 Å². The first-order valence-electron chi connectivity index (χ1n) is 6.13. The predicted molar refractivity (Wildman–Crippen MR) is 78.6 cm³/mol. The van der Waals surface area contributed by atoms with Crippen LogP contribution in [0.1, 0.15) is 38.0 Å². The van der Waals surface area contributed by atoms with E-state index in [4.69, 9.17) is 0 Å². The molecule has 0 unspecified atom stereocenters. The Morgan fingerprint density at radius 2 is 1.89 bits per heavy atom. The van der Waals surface area contributed by atoms with Crippen LogP contribution >= 0.6 is 27.3 Å². The van der Waals surface area contributed by atoms with E-state index in [0.29, 0.717) is 4.90 Å². The van der Waals surface area contributed by atoms with Crippen LogP contribution in [0.25, 0.3) is 0 Å². The molecule has 0 aliphatic carbocycles. The van der Waals surface area contributed by atoms with Gasteiger partial charge in [-0.05, 0) is 55.6 Å². The Kier molecular flexibility index (Phi) is 4.21. The molecule has 2 atom stereocenters. The number of rotatable bonds is 2. The third-order valence-corrected chi connectivity index (χ3v) is 7.45. The maximum Gasteiger partial charge on any atom is 0.244 e. The van der Waals surface area contributed by atoms with Gasteiger partial charge >= 0.3 is 0 Å². The highest BCUT2D eigenvalue weighted by Gasteiger charge is 2.36. The molecule has 6 heteroatoms. The van der Waals surface area contributed by atoms with Crippen LogP contribution in [0.2, 0.25) is 0 Å². The van der Waals surface area contributed by atoms with Gasteiger partial charge in [0.1, 0.15) is 0 Å². The van der Waals surface area contributed by atoms with Crippen molar-refractivity contribution in [2.45, 2.75) is 57.0 Å². The molecule has 1 fully saturated rings. The molecule has 0 bridgehead atoms. The van der Waals surface area contributed by atoms with Crippen LogP contribution in [-0.4, -0.2) is 24.8 Å². The SMILES string of the molecule is Cc1sc(Br)cc1S(=O)(=O)N1[C@H](C)CCC[C@@H]1C. The van der Waals surface area contributed by atoms with E-state index in [1.807, 2.05) is 20.8 Å². The van der Waals surface area contributed by atoms with Gasteiger partial charge in [0.05, 0.1) is 8.68 Å². The number of aryl methyl sites for hydroxylation is 1. The third kappa shape index (κ3) is 2.53. The van der Waals surface area contributed by atoms with Gasteiger partial charge in [0.2, 0.25) is 10.0 Å². The van der Waals surface area contributed by atoms with Crippen molar-refractivity contribution in [3.63, 3.8) is 0 Å². The van der Waals surface area contributed by atoms with Gasteiger partial charge in [-0.1, -0.05) is 6.42 Å². The van der Waals surface area contributed by atoms with E-state index in [2.05, 4.69) is 15.9 Å². The second kappa shape index (κ2) is 5.23. The topological polar surface area (TPSA) is 37.4 Å². The van der Waals surface area contributed by atoms with Crippen molar-refractivity contribution in [3.05, 3.63) is 14.7 Å². The highest BCUT2D eigenvalue weighted by molar-refractivity contribution is 9.11. The summed E-state index contributed by atoms with van der Waals surface area (Å²) in [5.74, 6) is 0. The smallest absolute Gasteiger partial charge is 0.207 e. The first kappa shape index (κ1) is 14.5. The van der Waals surface area contributed by atoms with Crippen molar-refractivity contribution < 1.29 is 8.42 Å². The van der Waals surface area contributed by atoms with Gasteiger partial charge in [-0.25, -0.2) is 8.42 Å². The molecule has 1 saturated heterocycles. The van der Waals surface area contributed by atoms with Gasteiger partial charge < -0.3 is 0 Å². The van der Waals surface area contributed by atoms with E-state index >= 15 is 0 Å². The number of halogens is 1. The number of hydrogen-bond donors (Lipinski definition) is 0. The molecule has 2 rings (SSSR count). The first-order chi connectivity index (χ1) is 8.34. The van der Waals surface area contributed by atoms with Gasteiger partial charge in [0.15, 0.2) is 0 Å². The molecular formula is C12H18BrNO2S2. The minimum absolute atomic E-state index is 0.0943. The van der Waals surface area contributed by atoms with Crippen LogP contribution in [-0.2, 0) is 10.0 Å². The van der Waals surface area contributed by atoms with E-state index in [9.17, 15) is 8.42 Å². The largest absolute Gasteiger partial charge is 0.244 e. The Morgan fingerprint density at radius 1 is 1.33 bits per heavy atom.